The van der Waals surface area contributed by atoms with Crippen LogP contribution in [0.4, 0.5) is 0 Å². The molecule has 0 amide bonds. The van der Waals surface area contributed by atoms with Gasteiger partial charge < -0.3 is 9.88 Å². The zero-order chi connectivity index (χ0) is 9.26. The predicted molar refractivity (Wildman–Crippen MR) is 50.6 cm³/mol. The normalized spacial score (nSPS) is 23.4. The maximum absolute atomic E-state index is 4.08. The van der Waals surface area contributed by atoms with Gasteiger partial charge in [-0.1, -0.05) is 0 Å². The molecule has 0 spiro atoms. The third-order valence-electron chi connectivity index (χ3n) is 2.67. The number of aryl methyl sites for hydroxylation is 2. The van der Waals surface area contributed by atoms with Crippen LogP contribution in [-0.4, -0.2) is 27.9 Å². The van der Waals surface area contributed by atoms with Gasteiger partial charge in [0.15, 0.2) is 0 Å². The molecular formula is C9H16N4. The highest BCUT2D eigenvalue weighted by Gasteiger charge is 2.18. The minimum absolute atomic E-state index is 0.559. The molecular weight excluding hydrogens is 164 g/mol. The van der Waals surface area contributed by atoms with Gasteiger partial charge in [0.25, 0.3) is 0 Å². The van der Waals surface area contributed by atoms with Crippen molar-refractivity contribution in [1.82, 2.24) is 20.1 Å². The summed E-state index contributed by atoms with van der Waals surface area (Å²) in [5.41, 5.74) is 0. The molecule has 1 aromatic rings. The van der Waals surface area contributed by atoms with Crippen LogP contribution in [0, 0.1) is 13.8 Å². The molecule has 72 valence electrons. The molecule has 0 aliphatic carbocycles. The van der Waals surface area contributed by atoms with Gasteiger partial charge in [-0.05, 0) is 33.2 Å². The van der Waals surface area contributed by atoms with Crippen LogP contribution in [0.1, 0.15) is 30.5 Å². The van der Waals surface area contributed by atoms with Gasteiger partial charge in [-0.25, -0.2) is 0 Å². The van der Waals surface area contributed by atoms with E-state index in [0.29, 0.717) is 6.04 Å². The van der Waals surface area contributed by atoms with E-state index in [2.05, 4.69) is 20.1 Å². The van der Waals surface area contributed by atoms with Crippen LogP contribution in [0.3, 0.4) is 0 Å². The van der Waals surface area contributed by atoms with E-state index in [1.165, 1.54) is 12.8 Å². The van der Waals surface area contributed by atoms with Gasteiger partial charge in [0, 0.05) is 12.6 Å². The number of nitrogens with one attached hydrogen (secondary N) is 1. The van der Waals surface area contributed by atoms with Crippen LogP contribution >= 0.6 is 0 Å². The molecule has 1 unspecified atom stereocenters. The smallest absolute Gasteiger partial charge is 0.130 e. The molecule has 0 saturated carbocycles. The summed E-state index contributed by atoms with van der Waals surface area (Å²) >= 11 is 0. The second-order valence-electron chi connectivity index (χ2n) is 3.66. The van der Waals surface area contributed by atoms with Gasteiger partial charge in [-0.15, -0.1) is 10.2 Å². The average Bonchev–Trinajstić information content (AvgIpc) is 2.48. The summed E-state index contributed by atoms with van der Waals surface area (Å²) in [6, 6.07) is 0.559. The lowest BCUT2D eigenvalue weighted by atomic mass is 10.1. The molecule has 1 N–H and O–H groups in total. The predicted octanol–water partition coefficient (Wildman–Crippen LogP) is 0.819. The minimum Gasteiger partial charge on any atom is -0.315 e. The van der Waals surface area contributed by atoms with Gasteiger partial charge in [0.05, 0.1) is 0 Å². The molecule has 1 atom stereocenters. The van der Waals surface area contributed by atoms with Gasteiger partial charge in [0.2, 0.25) is 0 Å². The summed E-state index contributed by atoms with van der Waals surface area (Å²) in [5.74, 6) is 2.07. The summed E-state index contributed by atoms with van der Waals surface area (Å²) in [4.78, 5) is 0. The third kappa shape index (κ3) is 1.58. The Morgan fingerprint density at radius 2 is 2.00 bits per heavy atom. The highest BCUT2D eigenvalue weighted by Crippen LogP contribution is 2.18. The minimum atomic E-state index is 0.559. The van der Waals surface area contributed by atoms with E-state index in [1.807, 2.05) is 13.8 Å². The summed E-state index contributed by atoms with van der Waals surface area (Å²) in [6.07, 6.45) is 2.49. The van der Waals surface area contributed by atoms with Crippen molar-refractivity contribution >= 4 is 0 Å². The maximum atomic E-state index is 4.08. The first kappa shape index (κ1) is 8.69. The fourth-order valence-electron chi connectivity index (χ4n) is 2.06. The number of nitrogens with zero attached hydrogens (tertiary/aromatic N) is 3. The molecule has 1 aromatic heterocycles. The molecule has 0 aromatic carbocycles. The van der Waals surface area contributed by atoms with Crippen LogP contribution in [-0.2, 0) is 0 Å². The van der Waals surface area contributed by atoms with Crippen molar-refractivity contribution in [1.29, 1.82) is 0 Å². The average molecular weight is 180 g/mol. The molecule has 1 fully saturated rings. The Labute approximate surface area is 78.4 Å². The summed E-state index contributed by atoms with van der Waals surface area (Å²) in [5, 5.41) is 11.6. The van der Waals surface area contributed by atoms with Crippen molar-refractivity contribution in [3.63, 3.8) is 0 Å². The Morgan fingerprint density at radius 3 is 2.54 bits per heavy atom. The lowest BCUT2D eigenvalue weighted by Gasteiger charge is -2.25. The zero-order valence-electron chi connectivity index (χ0n) is 8.25. The van der Waals surface area contributed by atoms with Gasteiger partial charge in [0.1, 0.15) is 11.6 Å². The fourth-order valence-corrected chi connectivity index (χ4v) is 2.06. The second kappa shape index (κ2) is 3.46. The standard InChI is InChI=1S/C9H16N4/c1-7-11-12-8(2)13(7)9-4-3-5-10-6-9/h9-10H,3-6H2,1-2H3. The Morgan fingerprint density at radius 1 is 1.31 bits per heavy atom. The third-order valence-corrected chi connectivity index (χ3v) is 2.67. The lowest BCUT2D eigenvalue weighted by molar-refractivity contribution is 0.361. The first-order chi connectivity index (χ1) is 6.29. The molecule has 2 rings (SSSR count). The molecule has 1 saturated heterocycles. The number of piperidine rings is 1. The molecule has 4 nitrogen and oxygen atoms in total. The van der Waals surface area contributed by atoms with Crippen molar-refractivity contribution in [2.45, 2.75) is 32.7 Å². The summed E-state index contributed by atoms with van der Waals surface area (Å²) in [6.45, 7) is 6.25. The Bertz CT molecular complexity index is 266. The van der Waals surface area contributed by atoms with Gasteiger partial charge >= 0.3 is 0 Å². The van der Waals surface area contributed by atoms with Crippen molar-refractivity contribution < 1.29 is 0 Å². The van der Waals surface area contributed by atoms with Crippen LogP contribution in [0.15, 0.2) is 0 Å². The van der Waals surface area contributed by atoms with Crippen LogP contribution in [0.25, 0.3) is 0 Å². The topological polar surface area (TPSA) is 42.7 Å². The summed E-state index contributed by atoms with van der Waals surface area (Å²) in [7, 11) is 0. The molecule has 0 bridgehead atoms. The fraction of sp³-hybridized carbons (Fsp3) is 0.778. The highest BCUT2D eigenvalue weighted by atomic mass is 15.3. The van der Waals surface area contributed by atoms with Crippen molar-refractivity contribution in [3.8, 4) is 0 Å². The van der Waals surface area contributed by atoms with E-state index in [9.17, 15) is 0 Å². The first-order valence-electron chi connectivity index (χ1n) is 4.88. The number of rotatable bonds is 1. The van der Waals surface area contributed by atoms with E-state index < -0.39 is 0 Å². The number of aromatic nitrogens is 3. The summed E-state index contributed by atoms with van der Waals surface area (Å²) < 4.78 is 2.24. The van der Waals surface area contributed by atoms with E-state index >= 15 is 0 Å². The van der Waals surface area contributed by atoms with Gasteiger partial charge in [-0.2, -0.15) is 0 Å². The SMILES string of the molecule is Cc1nnc(C)n1C1CCCNC1. The number of hydrogen-bond acceptors (Lipinski definition) is 3. The molecule has 1 aliphatic rings. The van der Waals surface area contributed by atoms with Crippen molar-refractivity contribution in [2.24, 2.45) is 0 Å². The van der Waals surface area contributed by atoms with E-state index in [1.54, 1.807) is 0 Å². The van der Waals surface area contributed by atoms with E-state index in [0.717, 1.165) is 24.7 Å². The second-order valence-corrected chi connectivity index (χ2v) is 3.66. The number of hydrogen-bond donors (Lipinski definition) is 1. The Hall–Kier alpha value is -0.900. The highest BCUT2D eigenvalue weighted by molar-refractivity contribution is 4.96. The largest absolute Gasteiger partial charge is 0.315 e. The van der Waals surface area contributed by atoms with Crippen molar-refractivity contribution in [3.05, 3.63) is 11.6 Å². The van der Waals surface area contributed by atoms with E-state index in [4.69, 9.17) is 0 Å². The molecule has 1 aliphatic heterocycles. The van der Waals surface area contributed by atoms with E-state index in [-0.39, 0.29) is 0 Å². The van der Waals surface area contributed by atoms with Crippen molar-refractivity contribution in [2.75, 3.05) is 13.1 Å². The Balaban J connectivity index is 2.22. The Kier molecular flexibility index (Phi) is 2.31. The molecule has 0 radical (unpaired) electrons. The quantitative estimate of drug-likeness (QED) is 0.695. The maximum Gasteiger partial charge on any atom is 0.130 e. The van der Waals surface area contributed by atoms with Crippen LogP contribution in [0.2, 0.25) is 0 Å². The first-order valence-corrected chi connectivity index (χ1v) is 4.88. The lowest BCUT2D eigenvalue weighted by Crippen LogP contribution is -2.32. The molecule has 2 heterocycles. The van der Waals surface area contributed by atoms with Crippen LogP contribution < -0.4 is 5.32 Å². The van der Waals surface area contributed by atoms with Crippen LogP contribution in [0.5, 0.6) is 0 Å². The van der Waals surface area contributed by atoms with Gasteiger partial charge in [-0.3, -0.25) is 0 Å². The zero-order valence-corrected chi connectivity index (χ0v) is 8.25. The molecule has 4 heteroatoms. The monoisotopic (exact) mass is 180 g/mol. The molecule has 13 heavy (non-hydrogen) atoms.